The van der Waals surface area contributed by atoms with Crippen LogP contribution in [0.1, 0.15) is 44.9 Å². The van der Waals surface area contributed by atoms with Crippen LogP contribution in [0.3, 0.4) is 0 Å². The molecule has 0 spiro atoms. The van der Waals surface area contributed by atoms with E-state index in [4.69, 9.17) is 4.99 Å². The van der Waals surface area contributed by atoms with Crippen molar-refractivity contribution < 1.29 is 0 Å². The number of thiophene rings is 1. The molecule has 8 nitrogen and oxygen atoms in total. The summed E-state index contributed by atoms with van der Waals surface area (Å²) in [4.78, 5) is 19.6. The Morgan fingerprint density at radius 2 is 2.17 bits per heavy atom. The second-order valence-corrected chi connectivity index (χ2v) is 8.93. The lowest BCUT2D eigenvalue weighted by atomic mass is 10.1. The highest BCUT2D eigenvalue weighted by Gasteiger charge is 2.21. The summed E-state index contributed by atoms with van der Waals surface area (Å²) in [6.07, 6.45) is 6.15. The minimum absolute atomic E-state index is 0.0382. The summed E-state index contributed by atoms with van der Waals surface area (Å²) in [6.45, 7) is 7.20. The molecular formula is C21H33N7OS. The first-order chi connectivity index (χ1) is 14.7. The number of aromatic nitrogens is 3. The van der Waals surface area contributed by atoms with Crippen molar-refractivity contribution in [2.24, 2.45) is 4.99 Å². The summed E-state index contributed by atoms with van der Waals surface area (Å²) in [7, 11) is 0. The van der Waals surface area contributed by atoms with E-state index >= 15 is 0 Å². The zero-order chi connectivity index (χ0) is 20.8. The summed E-state index contributed by atoms with van der Waals surface area (Å²) >= 11 is 1.81. The van der Waals surface area contributed by atoms with Crippen LogP contribution in [0, 0.1) is 0 Å². The maximum Gasteiger partial charge on any atom is 0.345 e. The molecule has 1 fully saturated rings. The Hall–Kier alpha value is -2.29. The van der Waals surface area contributed by atoms with E-state index in [9.17, 15) is 4.79 Å². The SMILES string of the molecule is CCNC(=NCCCn1nc2n(c1=O)CCCC2)NC1CCN(c2cccs2)CC1. The van der Waals surface area contributed by atoms with Gasteiger partial charge in [0, 0.05) is 51.7 Å². The van der Waals surface area contributed by atoms with Crippen LogP contribution in [-0.4, -0.2) is 52.5 Å². The third-order valence-electron chi connectivity index (χ3n) is 5.83. The lowest BCUT2D eigenvalue weighted by Crippen LogP contribution is -2.48. The van der Waals surface area contributed by atoms with Crippen molar-refractivity contribution in [3.63, 3.8) is 0 Å². The molecule has 0 aromatic carbocycles. The van der Waals surface area contributed by atoms with Gasteiger partial charge in [0.05, 0.1) is 5.00 Å². The zero-order valence-electron chi connectivity index (χ0n) is 17.8. The van der Waals surface area contributed by atoms with Gasteiger partial charge < -0.3 is 15.5 Å². The molecule has 2 aromatic heterocycles. The summed E-state index contributed by atoms with van der Waals surface area (Å²) < 4.78 is 3.46. The molecule has 1 saturated heterocycles. The van der Waals surface area contributed by atoms with Gasteiger partial charge in [0.2, 0.25) is 0 Å². The standard InChI is InChI=1S/C21H33N7OS/c1-2-22-20(24-17-9-14-26(15-10-17)19-8-5-16-30-19)23-11-6-13-28-21(29)27-12-4-3-7-18(27)25-28/h5,8,16-17H,2-4,6-7,9-15H2,1H3,(H2,22,23,24). The number of aliphatic imine (C=N–C) groups is 1. The largest absolute Gasteiger partial charge is 0.363 e. The minimum atomic E-state index is 0.0382. The highest BCUT2D eigenvalue weighted by Crippen LogP contribution is 2.24. The van der Waals surface area contributed by atoms with Gasteiger partial charge in [0.1, 0.15) is 5.82 Å². The number of nitrogens with zero attached hydrogens (tertiary/aromatic N) is 5. The predicted molar refractivity (Wildman–Crippen MR) is 123 cm³/mol. The average molecular weight is 432 g/mol. The molecule has 30 heavy (non-hydrogen) atoms. The van der Waals surface area contributed by atoms with Crippen molar-refractivity contribution in [3.05, 3.63) is 33.8 Å². The van der Waals surface area contributed by atoms with Gasteiger partial charge >= 0.3 is 5.69 Å². The van der Waals surface area contributed by atoms with Crippen molar-refractivity contribution in [1.29, 1.82) is 0 Å². The Balaban J connectivity index is 1.25. The number of hydrogen-bond donors (Lipinski definition) is 2. The van der Waals surface area contributed by atoms with Crippen LogP contribution in [0.5, 0.6) is 0 Å². The molecule has 0 unspecified atom stereocenters. The van der Waals surface area contributed by atoms with E-state index in [-0.39, 0.29) is 5.69 Å². The van der Waals surface area contributed by atoms with Crippen LogP contribution in [0.2, 0.25) is 0 Å². The number of rotatable bonds is 7. The molecule has 0 aliphatic carbocycles. The molecule has 0 amide bonds. The van der Waals surface area contributed by atoms with Gasteiger partial charge in [-0.2, -0.15) is 5.10 Å². The second kappa shape index (κ2) is 10.1. The first-order valence-electron chi connectivity index (χ1n) is 11.2. The molecule has 0 saturated carbocycles. The van der Waals surface area contributed by atoms with E-state index in [1.54, 1.807) is 4.68 Å². The Labute approximate surface area is 182 Å². The molecule has 2 aliphatic heterocycles. The molecule has 4 heterocycles. The lowest BCUT2D eigenvalue weighted by Gasteiger charge is -2.33. The molecule has 0 radical (unpaired) electrons. The van der Waals surface area contributed by atoms with Gasteiger partial charge in [-0.05, 0) is 56.5 Å². The molecule has 2 aliphatic rings. The van der Waals surface area contributed by atoms with Gasteiger partial charge in [-0.25, -0.2) is 9.48 Å². The molecule has 4 rings (SSSR count). The van der Waals surface area contributed by atoms with E-state index < -0.39 is 0 Å². The normalized spacial score (nSPS) is 17.8. The van der Waals surface area contributed by atoms with Crippen molar-refractivity contribution in [1.82, 2.24) is 25.0 Å². The van der Waals surface area contributed by atoms with E-state index in [0.717, 1.165) is 76.5 Å². The molecule has 2 aromatic rings. The van der Waals surface area contributed by atoms with E-state index in [1.165, 1.54) is 5.00 Å². The van der Waals surface area contributed by atoms with Crippen molar-refractivity contribution in [3.8, 4) is 0 Å². The van der Waals surface area contributed by atoms with Crippen molar-refractivity contribution in [2.75, 3.05) is 31.1 Å². The third-order valence-corrected chi connectivity index (χ3v) is 6.76. The number of guanidine groups is 1. The number of hydrogen-bond acceptors (Lipinski definition) is 5. The highest BCUT2D eigenvalue weighted by atomic mass is 32.1. The Bertz CT molecular complexity index is 878. The van der Waals surface area contributed by atoms with Gasteiger partial charge in [-0.15, -0.1) is 11.3 Å². The number of anilines is 1. The maximum absolute atomic E-state index is 12.4. The second-order valence-electron chi connectivity index (χ2n) is 8.00. The summed E-state index contributed by atoms with van der Waals surface area (Å²) in [6, 6.07) is 4.76. The maximum atomic E-state index is 12.4. The fourth-order valence-electron chi connectivity index (χ4n) is 4.21. The van der Waals surface area contributed by atoms with E-state index in [2.05, 4.69) is 45.1 Å². The Kier molecular flexibility index (Phi) is 7.09. The number of piperidine rings is 1. The predicted octanol–water partition coefficient (Wildman–Crippen LogP) is 2.06. The zero-order valence-corrected chi connectivity index (χ0v) is 18.7. The summed E-state index contributed by atoms with van der Waals surface area (Å²) in [5.74, 6) is 1.82. The first-order valence-corrected chi connectivity index (χ1v) is 12.1. The monoisotopic (exact) mass is 431 g/mol. The van der Waals surface area contributed by atoms with Crippen LogP contribution >= 0.6 is 11.3 Å². The lowest BCUT2D eigenvalue weighted by molar-refractivity contribution is 0.462. The average Bonchev–Trinajstić information content (AvgIpc) is 3.41. The smallest absolute Gasteiger partial charge is 0.345 e. The van der Waals surface area contributed by atoms with Crippen molar-refractivity contribution in [2.45, 2.75) is 64.6 Å². The van der Waals surface area contributed by atoms with Crippen LogP contribution in [0.4, 0.5) is 5.00 Å². The molecule has 164 valence electrons. The molecule has 0 bridgehead atoms. The van der Waals surface area contributed by atoms with Gasteiger partial charge in [0.25, 0.3) is 0 Å². The summed E-state index contributed by atoms with van der Waals surface area (Å²) in [5, 5.41) is 15.0. The first kappa shape index (κ1) is 21.0. The number of nitrogens with one attached hydrogen (secondary N) is 2. The van der Waals surface area contributed by atoms with Crippen LogP contribution in [0.15, 0.2) is 27.3 Å². The number of aryl methyl sites for hydroxylation is 2. The van der Waals surface area contributed by atoms with Gasteiger partial charge in [-0.3, -0.25) is 9.56 Å². The molecule has 9 heteroatoms. The van der Waals surface area contributed by atoms with E-state index in [0.29, 0.717) is 19.1 Å². The Morgan fingerprint density at radius 1 is 1.30 bits per heavy atom. The van der Waals surface area contributed by atoms with Gasteiger partial charge in [0.15, 0.2) is 5.96 Å². The fourth-order valence-corrected chi connectivity index (χ4v) is 5.00. The molecule has 0 atom stereocenters. The quantitative estimate of drug-likeness (QED) is 0.399. The highest BCUT2D eigenvalue weighted by molar-refractivity contribution is 7.14. The van der Waals surface area contributed by atoms with Crippen LogP contribution in [-0.2, 0) is 19.5 Å². The molecular weight excluding hydrogens is 398 g/mol. The van der Waals surface area contributed by atoms with Crippen molar-refractivity contribution >= 4 is 22.3 Å². The van der Waals surface area contributed by atoms with Crippen LogP contribution in [0.25, 0.3) is 0 Å². The van der Waals surface area contributed by atoms with Gasteiger partial charge in [-0.1, -0.05) is 0 Å². The summed E-state index contributed by atoms with van der Waals surface area (Å²) in [5.41, 5.74) is 0.0382. The van der Waals surface area contributed by atoms with Crippen LogP contribution < -0.4 is 21.2 Å². The topological polar surface area (TPSA) is 79.5 Å². The fraction of sp³-hybridized carbons (Fsp3) is 0.667. The molecule has 2 N–H and O–H groups in total. The third kappa shape index (κ3) is 5.06. The minimum Gasteiger partial charge on any atom is -0.363 e. The number of fused-ring (bicyclic) bond motifs is 1. The van der Waals surface area contributed by atoms with E-state index in [1.807, 2.05) is 15.9 Å². The Morgan fingerprint density at radius 3 is 2.90 bits per heavy atom.